The van der Waals surface area contributed by atoms with Gasteiger partial charge in [0.1, 0.15) is 0 Å². The number of pyridine rings is 1. The van der Waals surface area contributed by atoms with Crippen molar-refractivity contribution < 1.29 is 0 Å². The largest absolute Gasteiger partial charge is 0.309 e. The van der Waals surface area contributed by atoms with E-state index >= 15 is 0 Å². The van der Waals surface area contributed by atoms with E-state index in [1.807, 2.05) is 22.6 Å². The van der Waals surface area contributed by atoms with Crippen LogP contribution in [0.3, 0.4) is 0 Å². The van der Waals surface area contributed by atoms with Gasteiger partial charge in [0.15, 0.2) is 0 Å². The van der Waals surface area contributed by atoms with Crippen LogP contribution < -0.4 is 5.56 Å². The third-order valence-corrected chi connectivity index (χ3v) is 13.7. The topological polar surface area (TPSA) is 31.3 Å². The maximum Gasteiger partial charge on any atom is 0.263 e. The van der Waals surface area contributed by atoms with E-state index in [1.54, 1.807) is 0 Å². The fourth-order valence-electron chi connectivity index (χ4n) is 10.8. The molecule has 4 heterocycles. The summed E-state index contributed by atoms with van der Waals surface area (Å²) in [4.78, 5) is 14.5. The van der Waals surface area contributed by atoms with Gasteiger partial charge in [0.25, 0.3) is 5.56 Å². The van der Waals surface area contributed by atoms with Crippen molar-refractivity contribution in [1.82, 2.24) is 13.5 Å². The zero-order valence-corrected chi connectivity index (χ0v) is 35.1. The Hall–Kier alpha value is -8.73. The van der Waals surface area contributed by atoms with Crippen LogP contribution in [0.4, 0.5) is 0 Å². The SMILES string of the molecule is O=c1c2ccccc2c2cc(-c3ccc4c(c3)c3ccccc3n4-c3ccccc3)cc3c4cc(-c5ccc6c(c5)c5ccccc5n6-c5cccc(-c6ccccc6)c5)ccc4n1c23. The van der Waals surface area contributed by atoms with Crippen LogP contribution in [0.15, 0.2) is 229 Å². The summed E-state index contributed by atoms with van der Waals surface area (Å²) in [5.41, 5.74) is 15.7. The highest BCUT2D eigenvalue weighted by atomic mass is 16.1. The highest BCUT2D eigenvalue weighted by Crippen LogP contribution is 2.42. The number of hydrogen-bond donors (Lipinski definition) is 0. The fourth-order valence-corrected chi connectivity index (χ4v) is 10.8. The summed E-state index contributed by atoms with van der Waals surface area (Å²) in [6, 6.07) is 80.4. The summed E-state index contributed by atoms with van der Waals surface area (Å²) in [5.74, 6) is 0. The van der Waals surface area contributed by atoms with Crippen LogP contribution >= 0.6 is 0 Å². The van der Waals surface area contributed by atoms with Gasteiger partial charge in [0.2, 0.25) is 0 Å². The third kappa shape index (κ3) is 5.22. The molecule has 0 amide bonds. The molecule has 4 heteroatoms. The molecule has 10 aromatic carbocycles. The summed E-state index contributed by atoms with van der Waals surface area (Å²) in [5, 5.41) is 9.72. The zero-order chi connectivity index (χ0) is 42.8. The Balaban J connectivity index is 0.977. The maximum absolute atomic E-state index is 14.5. The van der Waals surface area contributed by atoms with Gasteiger partial charge in [-0.25, -0.2) is 0 Å². The molecule has 4 nitrogen and oxygen atoms in total. The molecular weight excluding hydrogens is 791 g/mol. The molecule has 14 rings (SSSR count). The first-order valence-corrected chi connectivity index (χ1v) is 22.2. The van der Waals surface area contributed by atoms with Gasteiger partial charge in [-0.15, -0.1) is 0 Å². The Morgan fingerprint density at radius 2 is 0.662 bits per heavy atom. The molecule has 0 saturated heterocycles. The van der Waals surface area contributed by atoms with Gasteiger partial charge >= 0.3 is 0 Å². The van der Waals surface area contributed by atoms with E-state index in [0.29, 0.717) is 0 Å². The smallest absolute Gasteiger partial charge is 0.263 e. The van der Waals surface area contributed by atoms with Crippen molar-refractivity contribution in [2.24, 2.45) is 0 Å². The van der Waals surface area contributed by atoms with Gasteiger partial charge in [-0.3, -0.25) is 9.20 Å². The quantitative estimate of drug-likeness (QED) is 0.159. The van der Waals surface area contributed by atoms with Crippen molar-refractivity contribution >= 4 is 81.6 Å². The second-order valence-electron chi connectivity index (χ2n) is 17.3. The first kappa shape index (κ1) is 35.8. The number of nitrogens with zero attached hydrogens (tertiary/aromatic N) is 3. The van der Waals surface area contributed by atoms with Crippen LogP contribution in [-0.2, 0) is 0 Å². The Kier molecular flexibility index (Phi) is 7.51. The Morgan fingerprint density at radius 3 is 1.31 bits per heavy atom. The monoisotopic (exact) mass is 827 g/mol. The molecule has 65 heavy (non-hydrogen) atoms. The average molecular weight is 828 g/mol. The molecular formula is C61H37N3O. The van der Waals surface area contributed by atoms with Gasteiger partial charge in [-0.1, -0.05) is 133 Å². The minimum atomic E-state index is 0.00861. The highest BCUT2D eigenvalue weighted by molar-refractivity contribution is 6.22. The third-order valence-electron chi connectivity index (χ3n) is 13.7. The Labute approximate surface area is 373 Å². The van der Waals surface area contributed by atoms with Crippen LogP contribution in [0.1, 0.15) is 0 Å². The van der Waals surface area contributed by atoms with Crippen molar-refractivity contribution in [3.05, 3.63) is 235 Å². The number of hydrogen-bond acceptors (Lipinski definition) is 1. The lowest BCUT2D eigenvalue weighted by Gasteiger charge is -2.11. The van der Waals surface area contributed by atoms with E-state index in [9.17, 15) is 4.79 Å². The lowest BCUT2D eigenvalue weighted by Crippen LogP contribution is -2.12. The lowest BCUT2D eigenvalue weighted by molar-refractivity contribution is 1.18. The van der Waals surface area contributed by atoms with E-state index in [0.717, 1.165) is 77.1 Å². The predicted octanol–water partition coefficient (Wildman–Crippen LogP) is 15.4. The summed E-state index contributed by atoms with van der Waals surface area (Å²) < 4.78 is 6.69. The predicted molar refractivity (Wildman–Crippen MR) is 272 cm³/mol. The molecule has 14 aromatic rings. The average Bonchev–Trinajstić information content (AvgIpc) is 4.01. The molecule has 0 N–H and O–H groups in total. The van der Waals surface area contributed by atoms with Crippen LogP contribution in [0, 0.1) is 0 Å². The van der Waals surface area contributed by atoms with Crippen molar-refractivity contribution in [3.63, 3.8) is 0 Å². The zero-order valence-electron chi connectivity index (χ0n) is 35.1. The molecule has 0 radical (unpaired) electrons. The maximum atomic E-state index is 14.5. The molecule has 0 fully saturated rings. The van der Waals surface area contributed by atoms with Gasteiger partial charge < -0.3 is 9.13 Å². The first-order valence-electron chi connectivity index (χ1n) is 22.2. The van der Waals surface area contributed by atoms with Crippen molar-refractivity contribution in [2.75, 3.05) is 0 Å². The second kappa shape index (κ2) is 13.6. The normalized spacial score (nSPS) is 12.1. The minimum Gasteiger partial charge on any atom is -0.309 e. The minimum absolute atomic E-state index is 0.00861. The van der Waals surface area contributed by atoms with Crippen LogP contribution in [0.25, 0.3) is 126 Å². The second-order valence-corrected chi connectivity index (χ2v) is 17.3. The molecule has 0 unspecified atom stereocenters. The van der Waals surface area contributed by atoms with Crippen LogP contribution in [0.5, 0.6) is 0 Å². The number of rotatable bonds is 5. The van der Waals surface area contributed by atoms with Gasteiger partial charge in [-0.2, -0.15) is 0 Å². The Morgan fingerprint density at radius 1 is 0.246 bits per heavy atom. The molecule has 0 bridgehead atoms. The molecule has 302 valence electrons. The van der Waals surface area contributed by atoms with Crippen molar-refractivity contribution in [3.8, 4) is 44.8 Å². The lowest BCUT2D eigenvalue weighted by atomic mass is 9.96. The molecule has 0 atom stereocenters. The molecule has 0 aliphatic carbocycles. The van der Waals surface area contributed by atoms with E-state index in [2.05, 4.69) is 215 Å². The standard InChI is InChI=1S/C61H37N3O/c65-61-49-23-8-7-20-46(49)53-36-43(42-28-30-57-51(35-42)47-21-9-11-24-55(47)62(57)44-17-5-2-6-18-44)37-54-52-34-41(27-31-59(52)64(61)60(53)54)40-26-29-58-50(33-40)48-22-10-12-25-56(48)63(58)45-19-13-16-39(32-45)38-14-3-1-4-15-38/h1-37H. The van der Waals surface area contributed by atoms with Gasteiger partial charge in [0, 0.05) is 54.5 Å². The molecule has 0 saturated carbocycles. The van der Waals surface area contributed by atoms with E-state index in [-0.39, 0.29) is 5.56 Å². The van der Waals surface area contributed by atoms with Gasteiger partial charge in [0.05, 0.1) is 33.1 Å². The number of fused-ring (bicyclic) bond motifs is 11. The van der Waals surface area contributed by atoms with Crippen LogP contribution in [-0.4, -0.2) is 13.5 Å². The fraction of sp³-hybridized carbons (Fsp3) is 0. The van der Waals surface area contributed by atoms with E-state index < -0.39 is 0 Å². The van der Waals surface area contributed by atoms with Crippen molar-refractivity contribution in [2.45, 2.75) is 0 Å². The van der Waals surface area contributed by atoms with E-state index in [1.165, 1.54) is 49.2 Å². The molecule has 4 aromatic heterocycles. The van der Waals surface area contributed by atoms with Crippen molar-refractivity contribution in [1.29, 1.82) is 0 Å². The highest BCUT2D eigenvalue weighted by Gasteiger charge is 2.21. The summed E-state index contributed by atoms with van der Waals surface area (Å²) in [7, 11) is 0. The molecule has 0 spiro atoms. The summed E-state index contributed by atoms with van der Waals surface area (Å²) >= 11 is 0. The number of aromatic nitrogens is 3. The number of benzene rings is 10. The summed E-state index contributed by atoms with van der Waals surface area (Å²) in [6.45, 7) is 0. The number of para-hydroxylation sites is 3. The van der Waals surface area contributed by atoms with Crippen LogP contribution in [0.2, 0.25) is 0 Å². The Bertz CT molecular complexity index is 4310. The first-order chi connectivity index (χ1) is 32.2. The van der Waals surface area contributed by atoms with Gasteiger partial charge in [-0.05, 0) is 130 Å². The molecule has 0 aliphatic heterocycles. The van der Waals surface area contributed by atoms with E-state index in [4.69, 9.17) is 0 Å². The molecule has 0 aliphatic rings. The summed E-state index contributed by atoms with van der Waals surface area (Å²) in [6.07, 6.45) is 0.